The second-order valence-electron chi connectivity index (χ2n) is 3.67. The van der Waals surface area contributed by atoms with E-state index in [0.717, 1.165) is 10.0 Å². The third kappa shape index (κ3) is 2.73. The molecule has 88 valence electrons. The number of anilines is 1. The zero-order chi connectivity index (χ0) is 12.4. The van der Waals surface area contributed by atoms with Crippen molar-refractivity contribution >= 4 is 33.2 Å². The third-order valence-electron chi connectivity index (χ3n) is 2.35. The molecule has 0 aromatic heterocycles. The van der Waals surface area contributed by atoms with Crippen molar-refractivity contribution in [3.63, 3.8) is 0 Å². The van der Waals surface area contributed by atoms with Gasteiger partial charge < -0.3 is 10.5 Å². The lowest BCUT2D eigenvalue weighted by Crippen LogP contribution is -1.94. The molecule has 0 aliphatic carbocycles. The number of nitrogens with two attached hydrogens (primary N) is 1. The van der Waals surface area contributed by atoms with Gasteiger partial charge in [0.25, 0.3) is 0 Å². The van der Waals surface area contributed by atoms with E-state index in [1.54, 1.807) is 18.2 Å². The fraction of sp³-hybridized carbons (Fsp3) is 0.0769. The first-order chi connectivity index (χ1) is 8.08. The molecule has 2 rings (SSSR count). The lowest BCUT2D eigenvalue weighted by molar-refractivity contribution is 0.478. The SMILES string of the molecule is Cc1cccc(N)c1Oc1ccc(Cl)cc1Br. The summed E-state index contributed by atoms with van der Waals surface area (Å²) in [7, 11) is 0. The van der Waals surface area contributed by atoms with Crippen molar-refractivity contribution in [1.82, 2.24) is 0 Å². The Morgan fingerprint density at radius 2 is 2.00 bits per heavy atom. The van der Waals surface area contributed by atoms with Crippen molar-refractivity contribution in [2.75, 3.05) is 5.73 Å². The molecule has 0 spiro atoms. The number of halogens is 2. The molecule has 0 bridgehead atoms. The fourth-order valence-electron chi connectivity index (χ4n) is 1.48. The van der Waals surface area contributed by atoms with Crippen LogP contribution in [-0.4, -0.2) is 0 Å². The fourth-order valence-corrected chi connectivity index (χ4v) is 2.25. The quantitative estimate of drug-likeness (QED) is 0.810. The van der Waals surface area contributed by atoms with E-state index in [9.17, 15) is 0 Å². The number of benzene rings is 2. The van der Waals surface area contributed by atoms with Gasteiger partial charge in [-0.3, -0.25) is 0 Å². The number of hydrogen-bond donors (Lipinski definition) is 1. The molecule has 0 aliphatic rings. The molecular formula is C13H11BrClNO. The van der Waals surface area contributed by atoms with Gasteiger partial charge in [0, 0.05) is 5.02 Å². The predicted molar refractivity (Wildman–Crippen MR) is 74.8 cm³/mol. The van der Waals surface area contributed by atoms with Gasteiger partial charge in [0.15, 0.2) is 5.75 Å². The van der Waals surface area contributed by atoms with Crippen LogP contribution in [0.2, 0.25) is 5.02 Å². The first-order valence-electron chi connectivity index (χ1n) is 5.06. The predicted octanol–water partition coefficient (Wildman–Crippen LogP) is 4.79. The molecule has 2 aromatic carbocycles. The lowest BCUT2D eigenvalue weighted by Gasteiger charge is -2.12. The van der Waals surface area contributed by atoms with Gasteiger partial charge in [0.05, 0.1) is 10.2 Å². The third-order valence-corrected chi connectivity index (χ3v) is 3.20. The number of aryl methyl sites for hydroxylation is 1. The molecule has 17 heavy (non-hydrogen) atoms. The molecule has 0 fully saturated rings. The zero-order valence-corrected chi connectivity index (χ0v) is 11.5. The molecule has 0 aliphatic heterocycles. The minimum Gasteiger partial charge on any atom is -0.454 e. The van der Waals surface area contributed by atoms with Crippen LogP contribution in [-0.2, 0) is 0 Å². The number of hydrogen-bond acceptors (Lipinski definition) is 2. The number of ether oxygens (including phenoxy) is 1. The van der Waals surface area contributed by atoms with Crippen LogP contribution in [0.25, 0.3) is 0 Å². The average Bonchev–Trinajstić information content (AvgIpc) is 2.26. The van der Waals surface area contributed by atoms with Crippen LogP contribution >= 0.6 is 27.5 Å². The first-order valence-corrected chi connectivity index (χ1v) is 6.23. The molecule has 0 amide bonds. The number of rotatable bonds is 2. The smallest absolute Gasteiger partial charge is 0.153 e. The van der Waals surface area contributed by atoms with Gasteiger partial charge in [-0.2, -0.15) is 0 Å². The first kappa shape index (κ1) is 12.3. The standard InChI is InChI=1S/C13H11BrClNO/c1-8-3-2-4-11(16)13(8)17-12-6-5-9(15)7-10(12)14/h2-7H,16H2,1H3. The van der Waals surface area contributed by atoms with Gasteiger partial charge >= 0.3 is 0 Å². The molecule has 0 radical (unpaired) electrons. The molecule has 4 heteroatoms. The molecule has 2 aromatic rings. The van der Waals surface area contributed by atoms with Crippen molar-refractivity contribution < 1.29 is 4.74 Å². The van der Waals surface area contributed by atoms with Gasteiger partial charge in [-0.05, 0) is 52.7 Å². The van der Waals surface area contributed by atoms with Gasteiger partial charge in [-0.15, -0.1) is 0 Å². The summed E-state index contributed by atoms with van der Waals surface area (Å²) in [5.74, 6) is 1.37. The Balaban J connectivity index is 2.38. The van der Waals surface area contributed by atoms with Crippen molar-refractivity contribution in [2.24, 2.45) is 0 Å². The van der Waals surface area contributed by atoms with E-state index in [0.29, 0.717) is 22.2 Å². The van der Waals surface area contributed by atoms with E-state index in [4.69, 9.17) is 22.1 Å². The minimum absolute atomic E-state index is 0.617. The molecule has 0 saturated heterocycles. The second-order valence-corrected chi connectivity index (χ2v) is 4.96. The van der Waals surface area contributed by atoms with Gasteiger partial charge in [0.1, 0.15) is 5.75 Å². The number of nitrogen functional groups attached to an aromatic ring is 1. The van der Waals surface area contributed by atoms with Gasteiger partial charge in [-0.25, -0.2) is 0 Å². The van der Waals surface area contributed by atoms with E-state index in [1.807, 2.05) is 25.1 Å². The molecule has 0 saturated carbocycles. The zero-order valence-electron chi connectivity index (χ0n) is 9.21. The van der Waals surface area contributed by atoms with Crippen LogP contribution in [0, 0.1) is 6.92 Å². The summed E-state index contributed by atoms with van der Waals surface area (Å²) >= 11 is 9.28. The Morgan fingerprint density at radius 3 is 2.65 bits per heavy atom. The van der Waals surface area contributed by atoms with Crippen molar-refractivity contribution in [2.45, 2.75) is 6.92 Å². The monoisotopic (exact) mass is 311 g/mol. The van der Waals surface area contributed by atoms with Gasteiger partial charge in [0.2, 0.25) is 0 Å². The second kappa shape index (κ2) is 4.98. The molecule has 2 N–H and O–H groups in total. The summed E-state index contributed by atoms with van der Waals surface area (Å²) in [4.78, 5) is 0. The van der Waals surface area contributed by atoms with E-state index in [1.165, 1.54) is 0 Å². The Kier molecular flexibility index (Phi) is 3.60. The van der Waals surface area contributed by atoms with Crippen LogP contribution in [0.3, 0.4) is 0 Å². The maximum atomic E-state index is 5.88. The Hall–Kier alpha value is -1.19. The summed E-state index contributed by atoms with van der Waals surface area (Å²) in [5.41, 5.74) is 7.49. The van der Waals surface area contributed by atoms with E-state index >= 15 is 0 Å². The molecule has 0 atom stereocenters. The number of para-hydroxylation sites is 1. The summed E-state index contributed by atoms with van der Waals surface area (Å²) < 4.78 is 6.59. The maximum Gasteiger partial charge on any atom is 0.153 e. The summed E-state index contributed by atoms with van der Waals surface area (Å²) in [6, 6.07) is 11.0. The van der Waals surface area contributed by atoms with Crippen molar-refractivity contribution in [3.8, 4) is 11.5 Å². The van der Waals surface area contributed by atoms with Crippen LogP contribution in [0.1, 0.15) is 5.56 Å². The van der Waals surface area contributed by atoms with E-state index in [2.05, 4.69) is 15.9 Å². The van der Waals surface area contributed by atoms with Crippen LogP contribution in [0.5, 0.6) is 11.5 Å². The minimum atomic E-state index is 0.617. The van der Waals surface area contributed by atoms with Gasteiger partial charge in [-0.1, -0.05) is 23.7 Å². The summed E-state index contributed by atoms with van der Waals surface area (Å²) in [6.45, 7) is 1.95. The Morgan fingerprint density at radius 1 is 1.24 bits per heavy atom. The molecule has 2 nitrogen and oxygen atoms in total. The Bertz CT molecular complexity index is 537. The lowest BCUT2D eigenvalue weighted by atomic mass is 10.2. The van der Waals surface area contributed by atoms with Crippen LogP contribution < -0.4 is 10.5 Å². The largest absolute Gasteiger partial charge is 0.454 e. The van der Waals surface area contributed by atoms with E-state index in [-0.39, 0.29) is 0 Å². The average molecular weight is 313 g/mol. The van der Waals surface area contributed by atoms with Crippen LogP contribution in [0.15, 0.2) is 40.9 Å². The molecular weight excluding hydrogens is 302 g/mol. The van der Waals surface area contributed by atoms with Crippen molar-refractivity contribution in [1.29, 1.82) is 0 Å². The highest BCUT2D eigenvalue weighted by Crippen LogP contribution is 2.35. The topological polar surface area (TPSA) is 35.2 Å². The summed E-state index contributed by atoms with van der Waals surface area (Å²) in [6.07, 6.45) is 0. The Labute approximate surface area is 113 Å². The summed E-state index contributed by atoms with van der Waals surface area (Å²) in [5, 5.41) is 0.655. The highest BCUT2D eigenvalue weighted by atomic mass is 79.9. The normalized spacial score (nSPS) is 10.3. The maximum absolute atomic E-state index is 5.88. The molecule has 0 unspecified atom stereocenters. The van der Waals surface area contributed by atoms with E-state index < -0.39 is 0 Å². The highest BCUT2D eigenvalue weighted by molar-refractivity contribution is 9.10. The molecule has 0 heterocycles. The van der Waals surface area contributed by atoms with Crippen molar-refractivity contribution in [3.05, 3.63) is 51.5 Å². The van der Waals surface area contributed by atoms with Crippen LogP contribution in [0.4, 0.5) is 5.69 Å². The highest BCUT2D eigenvalue weighted by Gasteiger charge is 2.08.